The highest BCUT2D eigenvalue weighted by Gasteiger charge is 2.31. The first-order valence-electron chi connectivity index (χ1n) is 10.9. The maximum absolute atomic E-state index is 13.0. The minimum Gasteiger partial charge on any atom is -0.479 e. The van der Waals surface area contributed by atoms with Crippen molar-refractivity contribution in [3.05, 3.63) is 95.8 Å². The van der Waals surface area contributed by atoms with Gasteiger partial charge in [0.1, 0.15) is 11.6 Å². The zero-order valence-corrected chi connectivity index (χ0v) is 18.3. The van der Waals surface area contributed by atoms with E-state index in [2.05, 4.69) is 17.4 Å². The Morgan fingerprint density at radius 3 is 2.61 bits per heavy atom. The molecule has 0 radical (unpaired) electrons. The monoisotopic (exact) mass is 444 g/mol. The molecule has 5 nitrogen and oxygen atoms in total. The van der Waals surface area contributed by atoms with Gasteiger partial charge >= 0.3 is 0 Å². The molecule has 1 heterocycles. The van der Waals surface area contributed by atoms with Gasteiger partial charge in [0, 0.05) is 18.3 Å². The lowest BCUT2D eigenvalue weighted by Gasteiger charge is -2.33. The Hall–Kier alpha value is -3.93. The van der Waals surface area contributed by atoms with Crippen LogP contribution in [0.2, 0.25) is 0 Å². The van der Waals surface area contributed by atoms with Crippen molar-refractivity contribution in [2.24, 2.45) is 0 Å². The van der Waals surface area contributed by atoms with Crippen LogP contribution in [0.5, 0.6) is 5.75 Å². The summed E-state index contributed by atoms with van der Waals surface area (Å²) in [5.41, 5.74) is 3.14. The number of ether oxygens (including phenoxy) is 1. The van der Waals surface area contributed by atoms with E-state index in [0.29, 0.717) is 23.7 Å². The molecular weight excluding hydrogens is 419 g/mol. The molecule has 3 aromatic rings. The number of fused-ring (bicyclic) bond motifs is 1. The zero-order chi connectivity index (χ0) is 23.2. The van der Waals surface area contributed by atoms with Crippen LogP contribution in [0, 0.1) is 5.82 Å². The molecule has 2 amide bonds. The fourth-order valence-electron chi connectivity index (χ4n) is 3.73. The Balaban J connectivity index is 1.45. The van der Waals surface area contributed by atoms with Gasteiger partial charge in [-0.2, -0.15) is 0 Å². The number of amides is 2. The molecule has 1 unspecified atom stereocenters. The van der Waals surface area contributed by atoms with E-state index in [1.807, 2.05) is 18.2 Å². The van der Waals surface area contributed by atoms with Crippen molar-refractivity contribution >= 4 is 29.3 Å². The average Bonchev–Trinajstić information content (AvgIpc) is 2.82. The van der Waals surface area contributed by atoms with E-state index in [1.165, 1.54) is 23.8 Å². The number of nitrogens with one attached hydrogen (secondary N) is 1. The van der Waals surface area contributed by atoms with E-state index in [1.54, 1.807) is 48.2 Å². The lowest BCUT2D eigenvalue weighted by Crippen LogP contribution is -2.45. The highest BCUT2D eigenvalue weighted by Crippen LogP contribution is 2.36. The summed E-state index contributed by atoms with van der Waals surface area (Å²) in [6, 6.07) is 21.3. The fourth-order valence-corrected chi connectivity index (χ4v) is 3.73. The van der Waals surface area contributed by atoms with Crippen LogP contribution in [0.4, 0.5) is 15.8 Å². The first-order valence-corrected chi connectivity index (χ1v) is 10.9. The highest BCUT2D eigenvalue weighted by molar-refractivity contribution is 6.04. The fraction of sp³-hybridized carbons (Fsp3) is 0.185. The molecule has 0 fully saturated rings. The van der Waals surface area contributed by atoms with Crippen LogP contribution in [0.3, 0.4) is 0 Å². The maximum Gasteiger partial charge on any atom is 0.267 e. The SMILES string of the molecule is CC1Oc2ccc(NC(=O)/C=C/c3ccc(F)cc3)cc2N(CCCc2ccccc2)C1=O. The summed E-state index contributed by atoms with van der Waals surface area (Å²) in [4.78, 5) is 26.9. The van der Waals surface area contributed by atoms with Crippen molar-refractivity contribution in [3.63, 3.8) is 0 Å². The largest absolute Gasteiger partial charge is 0.479 e. The second kappa shape index (κ2) is 10.1. The van der Waals surface area contributed by atoms with Crippen LogP contribution in [-0.4, -0.2) is 24.5 Å². The number of anilines is 2. The number of aryl methyl sites for hydroxylation is 1. The smallest absolute Gasteiger partial charge is 0.267 e. The number of halogens is 1. The summed E-state index contributed by atoms with van der Waals surface area (Å²) in [6.07, 6.45) is 4.10. The third-order valence-electron chi connectivity index (χ3n) is 5.42. The Bertz CT molecular complexity index is 1160. The minimum absolute atomic E-state index is 0.102. The molecule has 33 heavy (non-hydrogen) atoms. The number of hydrogen-bond acceptors (Lipinski definition) is 3. The van der Waals surface area contributed by atoms with Crippen molar-refractivity contribution in [3.8, 4) is 5.75 Å². The van der Waals surface area contributed by atoms with Gasteiger partial charge in [-0.1, -0.05) is 42.5 Å². The second-order valence-electron chi connectivity index (χ2n) is 7.90. The van der Waals surface area contributed by atoms with Gasteiger partial charge in [-0.15, -0.1) is 0 Å². The van der Waals surface area contributed by atoms with Crippen molar-refractivity contribution in [2.75, 3.05) is 16.8 Å². The van der Waals surface area contributed by atoms with E-state index < -0.39 is 6.10 Å². The first-order chi connectivity index (χ1) is 16.0. The van der Waals surface area contributed by atoms with Crippen molar-refractivity contribution < 1.29 is 18.7 Å². The van der Waals surface area contributed by atoms with Gasteiger partial charge in [0.25, 0.3) is 5.91 Å². The third-order valence-corrected chi connectivity index (χ3v) is 5.42. The molecule has 168 valence electrons. The van der Waals surface area contributed by atoms with Gasteiger partial charge in [-0.05, 0) is 67.3 Å². The topological polar surface area (TPSA) is 58.6 Å². The normalized spacial score (nSPS) is 15.3. The zero-order valence-electron chi connectivity index (χ0n) is 18.3. The number of rotatable bonds is 7. The summed E-state index contributed by atoms with van der Waals surface area (Å²) in [5.74, 6) is -0.145. The van der Waals surface area contributed by atoms with Crippen LogP contribution >= 0.6 is 0 Å². The van der Waals surface area contributed by atoms with E-state index in [4.69, 9.17) is 4.74 Å². The molecule has 1 aliphatic heterocycles. The predicted octanol–water partition coefficient (Wildman–Crippen LogP) is 5.22. The van der Waals surface area contributed by atoms with Crippen molar-refractivity contribution in [1.29, 1.82) is 0 Å². The number of carbonyl (C=O) groups excluding carboxylic acids is 2. The molecule has 1 atom stereocenters. The number of nitrogens with zero attached hydrogens (tertiary/aromatic N) is 1. The van der Waals surface area contributed by atoms with Gasteiger partial charge < -0.3 is 15.0 Å². The number of carbonyl (C=O) groups is 2. The van der Waals surface area contributed by atoms with Crippen LogP contribution < -0.4 is 15.0 Å². The summed E-state index contributed by atoms with van der Waals surface area (Å²) < 4.78 is 18.8. The Morgan fingerprint density at radius 1 is 1.09 bits per heavy atom. The third kappa shape index (κ3) is 5.66. The first kappa shape index (κ1) is 22.3. The van der Waals surface area contributed by atoms with E-state index in [0.717, 1.165) is 18.4 Å². The molecule has 0 aliphatic carbocycles. The molecule has 0 saturated carbocycles. The number of benzene rings is 3. The molecule has 1 aliphatic rings. The van der Waals surface area contributed by atoms with E-state index in [-0.39, 0.29) is 17.6 Å². The van der Waals surface area contributed by atoms with Crippen LogP contribution in [0.25, 0.3) is 6.08 Å². The van der Waals surface area contributed by atoms with Gasteiger partial charge in [0.05, 0.1) is 5.69 Å². The molecule has 0 saturated heterocycles. The molecular formula is C27H25FN2O3. The quantitative estimate of drug-likeness (QED) is 0.508. The summed E-state index contributed by atoms with van der Waals surface area (Å²) in [7, 11) is 0. The summed E-state index contributed by atoms with van der Waals surface area (Å²) >= 11 is 0. The molecule has 4 rings (SSSR count). The second-order valence-corrected chi connectivity index (χ2v) is 7.90. The molecule has 0 bridgehead atoms. The van der Waals surface area contributed by atoms with Gasteiger partial charge in [-0.25, -0.2) is 4.39 Å². The molecule has 1 N–H and O–H groups in total. The van der Waals surface area contributed by atoms with Crippen molar-refractivity contribution in [1.82, 2.24) is 0 Å². The molecule has 0 spiro atoms. The van der Waals surface area contributed by atoms with E-state index in [9.17, 15) is 14.0 Å². The van der Waals surface area contributed by atoms with Gasteiger partial charge in [-0.3, -0.25) is 9.59 Å². The molecule has 3 aromatic carbocycles. The molecule has 6 heteroatoms. The maximum atomic E-state index is 13.0. The minimum atomic E-state index is -0.562. The standard InChI is InChI=1S/C27H25FN2O3/c1-19-27(32)30(17-5-8-20-6-3-2-4-7-20)24-18-23(14-15-25(24)33-19)29-26(31)16-11-21-9-12-22(28)13-10-21/h2-4,6-7,9-16,18-19H,5,8,17H2,1H3,(H,29,31)/b16-11+. The molecule has 0 aromatic heterocycles. The average molecular weight is 445 g/mol. The summed E-state index contributed by atoms with van der Waals surface area (Å²) in [5, 5.41) is 2.81. The van der Waals surface area contributed by atoms with Crippen LogP contribution in [-0.2, 0) is 16.0 Å². The van der Waals surface area contributed by atoms with Gasteiger partial charge in [0.15, 0.2) is 6.10 Å². The lowest BCUT2D eigenvalue weighted by atomic mass is 10.1. The van der Waals surface area contributed by atoms with Crippen LogP contribution in [0.15, 0.2) is 78.9 Å². The lowest BCUT2D eigenvalue weighted by molar-refractivity contribution is -0.125. The van der Waals surface area contributed by atoms with Crippen molar-refractivity contribution in [2.45, 2.75) is 25.9 Å². The Labute approximate surface area is 192 Å². The summed E-state index contributed by atoms with van der Waals surface area (Å²) in [6.45, 7) is 2.29. The predicted molar refractivity (Wildman–Crippen MR) is 128 cm³/mol. The Kier molecular flexibility index (Phi) is 6.83. The van der Waals surface area contributed by atoms with E-state index >= 15 is 0 Å². The van der Waals surface area contributed by atoms with Crippen LogP contribution in [0.1, 0.15) is 24.5 Å². The Morgan fingerprint density at radius 2 is 1.85 bits per heavy atom. The highest BCUT2D eigenvalue weighted by atomic mass is 19.1. The number of hydrogen-bond donors (Lipinski definition) is 1. The van der Waals surface area contributed by atoms with Gasteiger partial charge in [0.2, 0.25) is 5.91 Å².